The summed E-state index contributed by atoms with van der Waals surface area (Å²) < 4.78 is 12.0. The molecule has 0 bridgehead atoms. The van der Waals surface area contributed by atoms with Crippen LogP contribution >= 0.6 is 0 Å². The number of hydrogen-bond donors (Lipinski definition) is 2. The lowest BCUT2D eigenvalue weighted by atomic mass is 9.83. The molecule has 2 aliphatic rings. The van der Waals surface area contributed by atoms with E-state index in [1.165, 1.54) is 0 Å². The minimum absolute atomic E-state index is 0.0730. The molecule has 7 nitrogen and oxygen atoms in total. The molecule has 2 aromatic carbocycles. The summed E-state index contributed by atoms with van der Waals surface area (Å²) in [4.78, 5) is 14.2. The molecule has 0 saturated carbocycles. The Hall–Kier alpha value is -3.48. The number of likely N-dealkylation sites (tertiary alicyclic amines) is 1. The predicted octanol–water partition coefficient (Wildman–Crippen LogP) is 5.40. The minimum atomic E-state index is -0.518. The Morgan fingerprint density at radius 3 is 2.29 bits per heavy atom. The van der Waals surface area contributed by atoms with Crippen LogP contribution in [-0.4, -0.2) is 46.3 Å². The van der Waals surface area contributed by atoms with Gasteiger partial charge in [0, 0.05) is 37.1 Å². The van der Waals surface area contributed by atoms with E-state index in [0.717, 1.165) is 22.4 Å². The normalized spacial score (nSPS) is 17.0. The van der Waals surface area contributed by atoms with Crippen molar-refractivity contribution in [3.05, 3.63) is 71.3 Å². The zero-order valence-corrected chi connectivity index (χ0v) is 20.7. The molecule has 0 atom stereocenters. The topological polar surface area (TPSA) is 97.4 Å². The molecule has 1 fully saturated rings. The lowest BCUT2D eigenvalue weighted by molar-refractivity contribution is -0.00115. The molecule has 1 spiro atoms. The maximum atomic E-state index is 12.5. The zero-order chi connectivity index (χ0) is 24.9. The number of amides is 1. The Balaban J connectivity index is 0.00000158. The summed E-state index contributed by atoms with van der Waals surface area (Å²) in [5, 5.41) is 12.0. The molecule has 182 valence electrons. The molecule has 34 heavy (non-hydrogen) atoms. The van der Waals surface area contributed by atoms with Crippen molar-refractivity contribution < 1.29 is 19.5 Å². The second kappa shape index (κ2) is 10.2. The number of piperidine rings is 1. The minimum Gasteiger partial charge on any atom is -0.482 e. The van der Waals surface area contributed by atoms with Crippen molar-refractivity contribution in [3.63, 3.8) is 0 Å². The first kappa shape index (κ1) is 25.1. The maximum absolute atomic E-state index is 12.5. The van der Waals surface area contributed by atoms with Crippen molar-refractivity contribution in [2.75, 3.05) is 13.1 Å². The van der Waals surface area contributed by atoms with Gasteiger partial charge in [0.1, 0.15) is 17.0 Å². The van der Waals surface area contributed by atoms with Gasteiger partial charge in [0.2, 0.25) is 0 Å². The van der Waals surface area contributed by atoms with Crippen LogP contribution in [0.25, 0.3) is 5.57 Å². The summed E-state index contributed by atoms with van der Waals surface area (Å²) in [6, 6.07) is 15.6. The number of oxime groups is 1. The van der Waals surface area contributed by atoms with Crippen LogP contribution < -0.4 is 10.5 Å². The van der Waals surface area contributed by atoms with E-state index in [4.69, 9.17) is 20.4 Å². The number of rotatable bonds is 2. The van der Waals surface area contributed by atoms with Gasteiger partial charge in [-0.3, -0.25) is 0 Å². The van der Waals surface area contributed by atoms with Crippen molar-refractivity contribution in [1.29, 1.82) is 0 Å². The largest absolute Gasteiger partial charge is 0.482 e. The monoisotopic (exact) mass is 465 g/mol. The van der Waals surface area contributed by atoms with Gasteiger partial charge in [-0.15, -0.1) is 0 Å². The fourth-order valence-electron chi connectivity index (χ4n) is 4.13. The number of carbonyl (C=O) groups is 1. The molecule has 2 heterocycles. The van der Waals surface area contributed by atoms with Crippen molar-refractivity contribution in [3.8, 4) is 5.75 Å². The Kier molecular flexibility index (Phi) is 7.54. The zero-order valence-electron chi connectivity index (χ0n) is 20.7. The van der Waals surface area contributed by atoms with Crippen LogP contribution in [0, 0.1) is 0 Å². The first-order chi connectivity index (χ1) is 16.2. The van der Waals surface area contributed by atoms with Crippen molar-refractivity contribution >= 4 is 17.5 Å². The Bertz CT molecular complexity index is 1060. The lowest BCUT2D eigenvalue weighted by Crippen LogP contribution is -2.50. The molecule has 1 saturated heterocycles. The van der Waals surface area contributed by atoms with Gasteiger partial charge in [0.05, 0.1) is 0 Å². The quantitative estimate of drug-likeness (QED) is 0.268. The Morgan fingerprint density at radius 1 is 1.09 bits per heavy atom. The van der Waals surface area contributed by atoms with E-state index in [9.17, 15) is 4.79 Å². The second-order valence-electron chi connectivity index (χ2n) is 9.25. The van der Waals surface area contributed by atoms with Crippen LogP contribution in [-0.2, 0) is 4.74 Å². The molecule has 3 N–H and O–H groups in total. The van der Waals surface area contributed by atoms with Gasteiger partial charge in [-0.25, -0.2) is 4.79 Å². The van der Waals surface area contributed by atoms with Crippen LogP contribution in [0.1, 0.15) is 64.2 Å². The molecule has 1 amide bonds. The van der Waals surface area contributed by atoms with E-state index in [1.54, 1.807) is 4.90 Å². The number of nitrogens with two attached hydrogens (primary N) is 1. The van der Waals surface area contributed by atoms with Gasteiger partial charge in [-0.1, -0.05) is 61.5 Å². The second-order valence-corrected chi connectivity index (χ2v) is 9.25. The lowest BCUT2D eigenvalue weighted by Gasteiger charge is -2.43. The number of fused-ring (bicyclic) bond motifs is 1. The van der Waals surface area contributed by atoms with E-state index in [0.29, 0.717) is 31.5 Å². The number of benzene rings is 2. The Labute approximate surface area is 201 Å². The molecule has 4 rings (SSSR count). The van der Waals surface area contributed by atoms with E-state index in [-0.39, 0.29) is 11.9 Å². The Morgan fingerprint density at radius 2 is 1.71 bits per heavy atom. The fourth-order valence-corrected chi connectivity index (χ4v) is 4.13. The van der Waals surface area contributed by atoms with Crippen LogP contribution in [0.2, 0.25) is 0 Å². The molecule has 0 aromatic heterocycles. The number of para-hydroxylation sites is 1. The van der Waals surface area contributed by atoms with Gasteiger partial charge in [-0.2, -0.15) is 0 Å². The highest BCUT2D eigenvalue weighted by Crippen LogP contribution is 2.43. The van der Waals surface area contributed by atoms with Crippen LogP contribution in [0.3, 0.4) is 0 Å². The number of ether oxygens (including phenoxy) is 2. The number of amidine groups is 1. The third-order valence-corrected chi connectivity index (χ3v) is 5.76. The van der Waals surface area contributed by atoms with E-state index in [2.05, 4.69) is 11.2 Å². The smallest absolute Gasteiger partial charge is 0.410 e. The van der Waals surface area contributed by atoms with Gasteiger partial charge >= 0.3 is 6.09 Å². The summed E-state index contributed by atoms with van der Waals surface area (Å²) in [5.74, 6) is 0.903. The van der Waals surface area contributed by atoms with Gasteiger partial charge < -0.3 is 25.3 Å². The van der Waals surface area contributed by atoms with E-state index < -0.39 is 11.2 Å². The summed E-state index contributed by atoms with van der Waals surface area (Å²) in [5.41, 5.74) is 8.46. The summed E-state index contributed by atoms with van der Waals surface area (Å²) in [6.07, 6.45) is 3.24. The molecular weight excluding hydrogens is 430 g/mol. The molecule has 7 heteroatoms. The third kappa shape index (κ3) is 5.53. The van der Waals surface area contributed by atoms with Gasteiger partial charge in [-0.05, 0) is 44.1 Å². The van der Waals surface area contributed by atoms with Crippen LogP contribution in [0.15, 0.2) is 59.8 Å². The molecular formula is C27H35N3O4. The van der Waals surface area contributed by atoms with Crippen LogP contribution in [0.5, 0.6) is 5.75 Å². The highest BCUT2D eigenvalue weighted by molar-refractivity contribution is 5.97. The first-order valence-corrected chi connectivity index (χ1v) is 11.8. The average molecular weight is 466 g/mol. The summed E-state index contributed by atoms with van der Waals surface area (Å²) in [7, 11) is 0. The molecule has 0 unspecified atom stereocenters. The fraction of sp³-hybridized carbons (Fsp3) is 0.407. The average Bonchev–Trinajstić information content (AvgIpc) is 2.84. The predicted molar refractivity (Wildman–Crippen MR) is 134 cm³/mol. The number of carbonyl (C=O) groups excluding carboxylic acids is 1. The molecule has 0 aliphatic carbocycles. The standard InChI is InChI=1S/C25H29N3O4.C2H6/c1-24(2,3)32-23(29)28-14-12-25(13-15-28)16-20(19-6-4-5-7-21(19)31-25)17-8-10-18(11-9-17)22(26)27-30;1-2/h4-11,16,30H,12-15H2,1-3H3,(H2,26,27);1-2H3. The highest BCUT2D eigenvalue weighted by Gasteiger charge is 2.40. The van der Waals surface area contributed by atoms with Gasteiger partial charge in [0.25, 0.3) is 0 Å². The summed E-state index contributed by atoms with van der Waals surface area (Å²) in [6.45, 7) is 10.7. The van der Waals surface area contributed by atoms with E-state index in [1.807, 2.05) is 83.1 Å². The van der Waals surface area contributed by atoms with Crippen molar-refractivity contribution in [1.82, 2.24) is 4.90 Å². The number of nitrogens with zero attached hydrogens (tertiary/aromatic N) is 2. The SMILES string of the molecule is CC.CC(C)(C)OC(=O)N1CCC2(C=C(c3ccc(/C(N)=N/O)cc3)c3ccccc3O2)CC1. The highest BCUT2D eigenvalue weighted by atomic mass is 16.6. The maximum Gasteiger partial charge on any atom is 0.410 e. The first-order valence-electron chi connectivity index (χ1n) is 11.8. The van der Waals surface area contributed by atoms with Crippen molar-refractivity contribution in [2.24, 2.45) is 10.9 Å². The van der Waals surface area contributed by atoms with Gasteiger partial charge in [0.15, 0.2) is 5.84 Å². The van der Waals surface area contributed by atoms with Crippen molar-refractivity contribution in [2.45, 2.75) is 58.7 Å². The van der Waals surface area contributed by atoms with E-state index >= 15 is 0 Å². The third-order valence-electron chi connectivity index (χ3n) is 5.76. The molecule has 0 radical (unpaired) electrons. The number of hydrogen-bond acceptors (Lipinski definition) is 5. The molecule has 2 aromatic rings. The molecule has 2 aliphatic heterocycles. The van der Waals surface area contributed by atoms with Crippen LogP contribution in [0.4, 0.5) is 4.79 Å². The summed E-state index contributed by atoms with van der Waals surface area (Å²) >= 11 is 0.